The van der Waals surface area contributed by atoms with Crippen LogP contribution in [0.4, 0.5) is 0 Å². The summed E-state index contributed by atoms with van der Waals surface area (Å²) < 4.78 is 0. The van der Waals surface area contributed by atoms with Gasteiger partial charge in [-0.2, -0.15) is 0 Å². The van der Waals surface area contributed by atoms with Gasteiger partial charge in [-0.15, -0.1) is 11.3 Å². The maximum Gasteiger partial charge on any atom is 0.0328 e. The van der Waals surface area contributed by atoms with Crippen LogP contribution in [0.5, 0.6) is 0 Å². The second kappa shape index (κ2) is 5.72. The van der Waals surface area contributed by atoms with E-state index in [0.717, 1.165) is 12.0 Å². The lowest BCUT2D eigenvalue weighted by Gasteiger charge is -2.41. The molecule has 0 amide bonds. The predicted octanol–water partition coefficient (Wildman–Crippen LogP) is 2.88. The largest absolute Gasteiger partial charge is 0.314 e. The van der Waals surface area contributed by atoms with Crippen LogP contribution in [0.25, 0.3) is 0 Å². The van der Waals surface area contributed by atoms with Gasteiger partial charge in [-0.3, -0.25) is 4.90 Å². The zero-order valence-electron chi connectivity index (χ0n) is 11.3. The molecule has 2 unspecified atom stereocenters. The average Bonchev–Trinajstić information content (AvgIpc) is 2.86. The van der Waals surface area contributed by atoms with E-state index < -0.39 is 0 Å². The van der Waals surface area contributed by atoms with Gasteiger partial charge < -0.3 is 5.32 Å². The van der Waals surface area contributed by atoms with Gasteiger partial charge in [0, 0.05) is 35.4 Å². The van der Waals surface area contributed by atoms with Crippen LogP contribution in [0.1, 0.15) is 35.9 Å². The van der Waals surface area contributed by atoms with Crippen LogP contribution in [0.2, 0.25) is 0 Å². The third-order valence-electron chi connectivity index (χ3n) is 4.42. The molecule has 1 aromatic rings. The van der Waals surface area contributed by atoms with Crippen molar-refractivity contribution in [1.29, 1.82) is 0 Å². The number of aryl methyl sites for hydroxylation is 1. The zero-order valence-corrected chi connectivity index (χ0v) is 12.1. The normalized spacial score (nSPS) is 29.2. The topological polar surface area (TPSA) is 15.3 Å². The van der Waals surface area contributed by atoms with Crippen LogP contribution in [-0.2, 0) is 13.0 Å². The van der Waals surface area contributed by atoms with Crippen LogP contribution in [0, 0.1) is 5.92 Å². The molecule has 1 aromatic heterocycles. The minimum Gasteiger partial charge on any atom is -0.314 e. The van der Waals surface area contributed by atoms with Gasteiger partial charge in [0.1, 0.15) is 0 Å². The summed E-state index contributed by atoms with van der Waals surface area (Å²) in [6.07, 6.45) is 5.32. The molecule has 3 heterocycles. The molecule has 100 valence electrons. The van der Waals surface area contributed by atoms with E-state index in [1.165, 1.54) is 56.7 Å². The molecule has 1 N–H and O–H groups in total. The first kappa shape index (κ1) is 12.6. The first-order valence-corrected chi connectivity index (χ1v) is 8.20. The van der Waals surface area contributed by atoms with E-state index in [2.05, 4.69) is 29.3 Å². The van der Waals surface area contributed by atoms with E-state index in [0.29, 0.717) is 0 Å². The second-order valence-corrected chi connectivity index (χ2v) is 6.96. The fourth-order valence-electron chi connectivity index (χ4n) is 3.38. The van der Waals surface area contributed by atoms with Crippen LogP contribution in [0.15, 0.2) is 12.1 Å². The Hall–Kier alpha value is -0.380. The minimum absolute atomic E-state index is 0.810. The Morgan fingerprint density at radius 2 is 2.22 bits per heavy atom. The molecule has 2 saturated heterocycles. The van der Waals surface area contributed by atoms with Crippen LogP contribution < -0.4 is 5.32 Å². The Labute approximate surface area is 114 Å². The standard InChI is InChI=1S/C15H24N2S/c1-2-13-5-6-14(18-13)11-17-9-7-15-12(10-17)4-3-8-16-15/h5-6,12,15-16H,2-4,7-11H2,1H3. The first-order valence-electron chi connectivity index (χ1n) is 7.38. The van der Waals surface area contributed by atoms with E-state index in [1.807, 2.05) is 11.3 Å². The molecule has 0 saturated carbocycles. The molecule has 2 aliphatic rings. The highest BCUT2D eigenvalue weighted by atomic mass is 32.1. The number of likely N-dealkylation sites (tertiary alicyclic amines) is 1. The highest BCUT2D eigenvalue weighted by Gasteiger charge is 2.30. The molecule has 2 aliphatic heterocycles. The fourth-order valence-corrected chi connectivity index (χ4v) is 4.38. The van der Waals surface area contributed by atoms with Gasteiger partial charge in [-0.05, 0) is 50.3 Å². The number of hydrogen-bond acceptors (Lipinski definition) is 3. The first-order chi connectivity index (χ1) is 8.85. The molecule has 2 atom stereocenters. The number of hydrogen-bond donors (Lipinski definition) is 1. The fraction of sp³-hybridized carbons (Fsp3) is 0.733. The lowest BCUT2D eigenvalue weighted by atomic mass is 9.85. The van der Waals surface area contributed by atoms with E-state index in [-0.39, 0.29) is 0 Å². The third kappa shape index (κ3) is 2.79. The molecule has 3 heteroatoms. The average molecular weight is 264 g/mol. The smallest absolute Gasteiger partial charge is 0.0328 e. The lowest BCUT2D eigenvalue weighted by Crippen LogP contribution is -2.51. The van der Waals surface area contributed by atoms with Gasteiger partial charge in [0.2, 0.25) is 0 Å². The van der Waals surface area contributed by atoms with Gasteiger partial charge in [0.25, 0.3) is 0 Å². The summed E-state index contributed by atoms with van der Waals surface area (Å²) >= 11 is 2.00. The molecular weight excluding hydrogens is 240 g/mol. The molecule has 18 heavy (non-hydrogen) atoms. The van der Waals surface area contributed by atoms with Gasteiger partial charge >= 0.3 is 0 Å². The Balaban J connectivity index is 1.57. The number of nitrogens with one attached hydrogen (secondary N) is 1. The van der Waals surface area contributed by atoms with E-state index in [4.69, 9.17) is 0 Å². The molecule has 0 aliphatic carbocycles. The van der Waals surface area contributed by atoms with Gasteiger partial charge in [0.05, 0.1) is 0 Å². The van der Waals surface area contributed by atoms with Crippen molar-refractivity contribution in [2.45, 2.75) is 45.2 Å². The molecule has 2 nitrogen and oxygen atoms in total. The summed E-state index contributed by atoms with van der Waals surface area (Å²) in [5.41, 5.74) is 0. The Morgan fingerprint density at radius 3 is 3.06 bits per heavy atom. The SMILES string of the molecule is CCc1ccc(CN2CCC3NCCCC3C2)s1. The van der Waals surface area contributed by atoms with E-state index >= 15 is 0 Å². The summed E-state index contributed by atoms with van der Waals surface area (Å²) in [6, 6.07) is 5.44. The van der Waals surface area contributed by atoms with Crippen molar-refractivity contribution in [3.8, 4) is 0 Å². The predicted molar refractivity (Wildman–Crippen MR) is 78.1 cm³/mol. The number of piperidine rings is 2. The van der Waals surface area contributed by atoms with Crippen LogP contribution in [-0.4, -0.2) is 30.6 Å². The van der Waals surface area contributed by atoms with Gasteiger partial charge in [-0.1, -0.05) is 6.92 Å². The van der Waals surface area contributed by atoms with Crippen molar-refractivity contribution in [3.05, 3.63) is 21.9 Å². The summed E-state index contributed by atoms with van der Waals surface area (Å²) in [5.74, 6) is 0.901. The maximum absolute atomic E-state index is 3.69. The van der Waals surface area contributed by atoms with Gasteiger partial charge in [0.15, 0.2) is 0 Å². The highest BCUT2D eigenvalue weighted by Crippen LogP contribution is 2.27. The van der Waals surface area contributed by atoms with Crippen molar-refractivity contribution in [2.24, 2.45) is 5.92 Å². The van der Waals surface area contributed by atoms with Gasteiger partial charge in [-0.25, -0.2) is 0 Å². The van der Waals surface area contributed by atoms with Crippen molar-refractivity contribution in [3.63, 3.8) is 0 Å². The third-order valence-corrected chi connectivity index (χ3v) is 5.64. The van der Waals surface area contributed by atoms with E-state index in [1.54, 1.807) is 4.88 Å². The lowest BCUT2D eigenvalue weighted by molar-refractivity contribution is 0.110. The van der Waals surface area contributed by atoms with Crippen molar-refractivity contribution in [1.82, 2.24) is 10.2 Å². The summed E-state index contributed by atoms with van der Waals surface area (Å²) in [5, 5.41) is 3.69. The molecule has 0 bridgehead atoms. The van der Waals surface area contributed by atoms with Crippen LogP contribution in [0.3, 0.4) is 0 Å². The number of rotatable bonds is 3. The number of nitrogens with zero attached hydrogens (tertiary/aromatic N) is 1. The maximum atomic E-state index is 3.69. The molecule has 0 radical (unpaired) electrons. The van der Waals surface area contributed by atoms with Crippen molar-refractivity contribution >= 4 is 11.3 Å². The minimum atomic E-state index is 0.810. The Kier molecular flexibility index (Phi) is 4.02. The van der Waals surface area contributed by atoms with Crippen molar-refractivity contribution < 1.29 is 0 Å². The summed E-state index contributed by atoms with van der Waals surface area (Å²) in [6.45, 7) is 7.24. The molecular formula is C15H24N2S. The van der Waals surface area contributed by atoms with Crippen molar-refractivity contribution in [2.75, 3.05) is 19.6 Å². The monoisotopic (exact) mass is 264 g/mol. The summed E-state index contributed by atoms with van der Waals surface area (Å²) in [7, 11) is 0. The molecule has 0 spiro atoms. The Bertz CT molecular complexity index is 388. The second-order valence-electron chi connectivity index (χ2n) is 5.71. The summed E-state index contributed by atoms with van der Waals surface area (Å²) in [4.78, 5) is 5.74. The molecule has 2 fully saturated rings. The highest BCUT2D eigenvalue weighted by molar-refractivity contribution is 7.11. The number of thiophene rings is 1. The molecule has 0 aromatic carbocycles. The van der Waals surface area contributed by atoms with E-state index in [9.17, 15) is 0 Å². The Morgan fingerprint density at radius 1 is 1.33 bits per heavy atom. The molecule has 3 rings (SSSR count). The quantitative estimate of drug-likeness (QED) is 0.903. The van der Waals surface area contributed by atoms with Crippen LogP contribution >= 0.6 is 11.3 Å². The number of fused-ring (bicyclic) bond motifs is 1. The zero-order chi connectivity index (χ0) is 12.4.